The van der Waals surface area contributed by atoms with Crippen molar-refractivity contribution >= 4 is 11.6 Å². The van der Waals surface area contributed by atoms with E-state index in [0.717, 1.165) is 43.6 Å². The summed E-state index contributed by atoms with van der Waals surface area (Å²) >= 11 is 0. The van der Waals surface area contributed by atoms with Crippen LogP contribution < -0.4 is 11.1 Å². The number of carbonyl (C=O) groups is 1. The van der Waals surface area contributed by atoms with Gasteiger partial charge in [0.05, 0.1) is 6.33 Å². The number of amides is 1. The van der Waals surface area contributed by atoms with E-state index in [1.54, 1.807) is 6.20 Å². The van der Waals surface area contributed by atoms with Gasteiger partial charge in [0.25, 0.3) is 0 Å². The number of nitrogens with two attached hydrogens (primary N) is 1. The van der Waals surface area contributed by atoms with Crippen molar-refractivity contribution in [3.63, 3.8) is 0 Å². The van der Waals surface area contributed by atoms with E-state index < -0.39 is 0 Å². The summed E-state index contributed by atoms with van der Waals surface area (Å²) in [5, 5.41) is 2.96. The van der Waals surface area contributed by atoms with Crippen LogP contribution in [0.3, 0.4) is 0 Å². The van der Waals surface area contributed by atoms with Crippen molar-refractivity contribution in [1.29, 1.82) is 0 Å². The minimum Gasteiger partial charge on any atom is -0.399 e. The number of carbonyl (C=O) groups excluding carboxylic acids is 1. The van der Waals surface area contributed by atoms with Crippen molar-refractivity contribution in [3.8, 4) is 0 Å². The summed E-state index contributed by atoms with van der Waals surface area (Å²) in [7, 11) is 0. The minimum absolute atomic E-state index is 0.106. The number of rotatable bonds is 8. The average molecular weight is 286 g/mol. The van der Waals surface area contributed by atoms with Crippen LogP contribution in [0.25, 0.3) is 0 Å². The van der Waals surface area contributed by atoms with Crippen molar-refractivity contribution in [2.24, 2.45) is 0 Å². The Kier molecular flexibility index (Phi) is 5.82. The van der Waals surface area contributed by atoms with Crippen molar-refractivity contribution in [1.82, 2.24) is 14.9 Å². The predicted molar refractivity (Wildman–Crippen MR) is 83.6 cm³/mol. The molecule has 0 bridgehead atoms. The second-order valence-corrected chi connectivity index (χ2v) is 5.10. The highest BCUT2D eigenvalue weighted by atomic mass is 16.1. The van der Waals surface area contributed by atoms with E-state index in [0.29, 0.717) is 6.42 Å². The molecule has 21 heavy (non-hydrogen) atoms. The minimum atomic E-state index is 0.106. The molecule has 2 rings (SSSR count). The maximum Gasteiger partial charge on any atom is 0.220 e. The molecule has 112 valence electrons. The van der Waals surface area contributed by atoms with Gasteiger partial charge in [-0.15, -0.1) is 0 Å². The Balaban J connectivity index is 1.54. The van der Waals surface area contributed by atoms with Crippen LogP contribution in [0.4, 0.5) is 5.69 Å². The molecule has 0 aliphatic heterocycles. The molecule has 1 heterocycles. The Bertz CT molecular complexity index is 534. The normalized spacial score (nSPS) is 10.5. The van der Waals surface area contributed by atoms with Gasteiger partial charge in [0.15, 0.2) is 0 Å². The zero-order valence-corrected chi connectivity index (χ0v) is 12.2. The van der Waals surface area contributed by atoms with Crippen LogP contribution in [0.2, 0.25) is 0 Å². The number of benzene rings is 1. The highest BCUT2D eigenvalue weighted by Crippen LogP contribution is 2.07. The molecule has 0 saturated heterocycles. The summed E-state index contributed by atoms with van der Waals surface area (Å²) in [5.74, 6) is 0.106. The zero-order valence-electron chi connectivity index (χ0n) is 12.2. The summed E-state index contributed by atoms with van der Waals surface area (Å²) in [6, 6.07) is 7.66. The Morgan fingerprint density at radius 3 is 2.76 bits per heavy atom. The van der Waals surface area contributed by atoms with Gasteiger partial charge < -0.3 is 15.6 Å². The average Bonchev–Trinajstić information content (AvgIpc) is 2.99. The Morgan fingerprint density at radius 2 is 2.05 bits per heavy atom. The van der Waals surface area contributed by atoms with Gasteiger partial charge in [0, 0.05) is 37.6 Å². The number of imidazole rings is 1. The molecule has 5 nitrogen and oxygen atoms in total. The van der Waals surface area contributed by atoms with Crippen LogP contribution in [0, 0.1) is 0 Å². The molecular formula is C16H22N4O. The van der Waals surface area contributed by atoms with Crippen LogP contribution in [0.5, 0.6) is 0 Å². The first-order chi connectivity index (χ1) is 10.2. The van der Waals surface area contributed by atoms with E-state index in [4.69, 9.17) is 5.73 Å². The molecule has 0 aliphatic carbocycles. The lowest BCUT2D eigenvalue weighted by molar-refractivity contribution is -0.121. The number of anilines is 1. The Labute approximate surface area is 125 Å². The monoisotopic (exact) mass is 286 g/mol. The largest absolute Gasteiger partial charge is 0.399 e. The molecule has 1 amide bonds. The van der Waals surface area contributed by atoms with Crippen molar-refractivity contribution in [2.45, 2.75) is 32.2 Å². The number of aromatic nitrogens is 2. The quantitative estimate of drug-likeness (QED) is 0.576. The summed E-state index contributed by atoms with van der Waals surface area (Å²) in [6.07, 6.45) is 8.82. The van der Waals surface area contributed by atoms with Gasteiger partial charge in [-0.3, -0.25) is 4.79 Å². The summed E-state index contributed by atoms with van der Waals surface area (Å²) in [4.78, 5) is 15.7. The van der Waals surface area contributed by atoms with Crippen LogP contribution in [-0.4, -0.2) is 22.0 Å². The molecule has 0 spiro atoms. The second kappa shape index (κ2) is 8.09. The molecule has 5 heteroatoms. The van der Waals surface area contributed by atoms with E-state index in [2.05, 4.69) is 10.3 Å². The Morgan fingerprint density at radius 1 is 1.24 bits per heavy atom. The maximum atomic E-state index is 11.7. The highest BCUT2D eigenvalue weighted by Gasteiger charge is 2.01. The number of unbranched alkanes of at least 4 members (excludes halogenated alkanes) is 1. The van der Waals surface area contributed by atoms with Crippen LogP contribution in [0.1, 0.15) is 24.8 Å². The molecule has 0 radical (unpaired) electrons. The van der Waals surface area contributed by atoms with Crippen LogP contribution in [-0.2, 0) is 17.8 Å². The Hall–Kier alpha value is -2.30. The third-order valence-electron chi connectivity index (χ3n) is 3.34. The first kappa shape index (κ1) is 15.1. The number of nitrogen functional groups attached to an aromatic ring is 1. The van der Waals surface area contributed by atoms with Crippen LogP contribution in [0.15, 0.2) is 43.0 Å². The van der Waals surface area contributed by atoms with Gasteiger partial charge in [0.1, 0.15) is 0 Å². The molecule has 0 atom stereocenters. The molecule has 2 aromatic rings. The molecule has 0 aliphatic rings. The highest BCUT2D eigenvalue weighted by molar-refractivity contribution is 5.76. The topological polar surface area (TPSA) is 72.9 Å². The summed E-state index contributed by atoms with van der Waals surface area (Å²) < 4.78 is 2.04. The predicted octanol–water partition coefficient (Wildman–Crippen LogP) is 1.99. The van der Waals surface area contributed by atoms with Crippen molar-refractivity contribution in [2.75, 3.05) is 12.3 Å². The second-order valence-electron chi connectivity index (χ2n) is 5.10. The fourth-order valence-corrected chi connectivity index (χ4v) is 2.10. The third kappa shape index (κ3) is 5.69. The van der Waals surface area contributed by atoms with Crippen LogP contribution >= 0.6 is 0 Å². The van der Waals surface area contributed by atoms with Gasteiger partial charge in [-0.2, -0.15) is 0 Å². The summed E-state index contributed by atoms with van der Waals surface area (Å²) in [6.45, 7) is 1.68. The maximum absolute atomic E-state index is 11.7. The van der Waals surface area contributed by atoms with E-state index in [1.165, 1.54) is 0 Å². The lowest BCUT2D eigenvalue weighted by atomic mass is 10.1. The van der Waals surface area contributed by atoms with Gasteiger partial charge >= 0.3 is 0 Å². The molecule has 1 aromatic heterocycles. The van der Waals surface area contributed by atoms with Crippen molar-refractivity contribution < 1.29 is 4.79 Å². The smallest absolute Gasteiger partial charge is 0.220 e. The molecule has 0 unspecified atom stereocenters. The van der Waals surface area contributed by atoms with E-state index in [9.17, 15) is 4.79 Å². The number of hydrogen-bond acceptors (Lipinski definition) is 3. The first-order valence-corrected chi connectivity index (χ1v) is 7.31. The van der Waals surface area contributed by atoms with Crippen molar-refractivity contribution in [3.05, 3.63) is 48.5 Å². The molecule has 1 aromatic carbocycles. The number of nitrogens with one attached hydrogen (secondary N) is 1. The lowest BCUT2D eigenvalue weighted by Crippen LogP contribution is -2.24. The number of aryl methyl sites for hydroxylation is 2. The third-order valence-corrected chi connectivity index (χ3v) is 3.34. The van der Waals surface area contributed by atoms with E-state index in [1.807, 2.05) is 41.4 Å². The van der Waals surface area contributed by atoms with E-state index in [-0.39, 0.29) is 5.91 Å². The first-order valence-electron chi connectivity index (χ1n) is 7.31. The van der Waals surface area contributed by atoms with Gasteiger partial charge in [-0.25, -0.2) is 4.98 Å². The van der Waals surface area contributed by atoms with E-state index >= 15 is 0 Å². The molecule has 3 N–H and O–H groups in total. The van der Waals surface area contributed by atoms with Gasteiger partial charge in [0.2, 0.25) is 5.91 Å². The number of nitrogens with zero attached hydrogens (tertiary/aromatic N) is 2. The lowest BCUT2D eigenvalue weighted by Gasteiger charge is -2.06. The molecular weight excluding hydrogens is 264 g/mol. The zero-order chi connectivity index (χ0) is 14.9. The van der Waals surface area contributed by atoms with Gasteiger partial charge in [-0.05, 0) is 37.0 Å². The SMILES string of the molecule is Nc1ccc(CCC(=O)NCCCCn2ccnc2)cc1. The molecule has 0 fully saturated rings. The summed E-state index contributed by atoms with van der Waals surface area (Å²) in [5.41, 5.74) is 7.52. The number of hydrogen-bond donors (Lipinski definition) is 2. The fraction of sp³-hybridized carbons (Fsp3) is 0.375. The standard InChI is InChI=1S/C16H22N4O/c17-15-6-3-14(4-7-15)5-8-16(21)19-9-1-2-11-20-12-10-18-13-20/h3-4,6-7,10,12-13H,1-2,5,8-9,11,17H2,(H,19,21). The molecule has 0 saturated carbocycles. The van der Waals surface area contributed by atoms with Gasteiger partial charge in [-0.1, -0.05) is 12.1 Å². The fourth-order valence-electron chi connectivity index (χ4n) is 2.10.